The van der Waals surface area contributed by atoms with Crippen LogP contribution in [0.2, 0.25) is 0 Å². The lowest BCUT2D eigenvalue weighted by molar-refractivity contribution is -0.0125. The molecule has 0 bridgehead atoms. The molecule has 1 aliphatic heterocycles. The molecule has 0 N–H and O–H groups in total. The van der Waals surface area contributed by atoms with Gasteiger partial charge in [0.15, 0.2) is 0 Å². The number of hydrogen-bond acceptors (Lipinski definition) is 1. The van der Waals surface area contributed by atoms with Crippen LogP contribution in [0.15, 0.2) is 72.9 Å². The van der Waals surface area contributed by atoms with Crippen molar-refractivity contribution in [2.45, 2.75) is 63.5 Å². The molecule has 146 valence electrons. The van der Waals surface area contributed by atoms with Gasteiger partial charge in [0.2, 0.25) is 0 Å². The van der Waals surface area contributed by atoms with Gasteiger partial charge in [0.05, 0.1) is 0 Å². The second kappa shape index (κ2) is 7.04. The second-order valence-corrected chi connectivity index (χ2v) is 9.76. The van der Waals surface area contributed by atoms with Crippen LogP contribution in [0, 0.1) is 0 Å². The maximum atomic E-state index is 2.57. The lowest BCUT2D eigenvalue weighted by atomic mass is 9.70. The molecule has 0 spiro atoms. The Morgan fingerprint density at radius 2 is 1.21 bits per heavy atom. The zero-order valence-corrected chi connectivity index (χ0v) is 17.9. The molecule has 1 fully saturated rings. The molecule has 1 saturated heterocycles. The number of benzene rings is 2. The van der Waals surface area contributed by atoms with Gasteiger partial charge in [-0.2, -0.15) is 0 Å². The SMILES string of the molecule is CN1C(C)(C)CC(c2ccc(C3C=CC=CC=C3)c3ccccc23)CC1(C)C. The fourth-order valence-corrected chi connectivity index (χ4v) is 5.35. The van der Waals surface area contributed by atoms with E-state index in [1.807, 2.05) is 0 Å². The molecule has 0 radical (unpaired) electrons. The summed E-state index contributed by atoms with van der Waals surface area (Å²) in [6.45, 7) is 9.58. The van der Waals surface area contributed by atoms with Crippen molar-refractivity contribution in [2.75, 3.05) is 7.05 Å². The second-order valence-electron chi connectivity index (χ2n) is 9.76. The molecule has 2 aliphatic rings. The summed E-state index contributed by atoms with van der Waals surface area (Å²) in [6.07, 6.45) is 15.5. The summed E-state index contributed by atoms with van der Waals surface area (Å²) in [6, 6.07) is 13.8. The van der Waals surface area contributed by atoms with Crippen molar-refractivity contribution >= 4 is 10.8 Å². The van der Waals surface area contributed by atoms with Gasteiger partial charge < -0.3 is 0 Å². The number of piperidine rings is 1. The summed E-state index contributed by atoms with van der Waals surface area (Å²) >= 11 is 0. The number of rotatable bonds is 2. The minimum Gasteiger partial charge on any atom is -0.296 e. The fraction of sp³-hybridized carbons (Fsp3) is 0.407. The lowest BCUT2D eigenvalue weighted by Crippen LogP contribution is -2.58. The van der Waals surface area contributed by atoms with E-state index >= 15 is 0 Å². The minimum absolute atomic E-state index is 0.199. The monoisotopic (exact) mass is 371 g/mol. The number of fused-ring (bicyclic) bond motifs is 1. The van der Waals surface area contributed by atoms with Crippen LogP contribution in [-0.4, -0.2) is 23.0 Å². The lowest BCUT2D eigenvalue weighted by Gasteiger charge is -2.54. The van der Waals surface area contributed by atoms with Gasteiger partial charge in [-0.25, -0.2) is 0 Å². The molecule has 0 unspecified atom stereocenters. The van der Waals surface area contributed by atoms with Crippen LogP contribution in [0.25, 0.3) is 10.8 Å². The molecular weight excluding hydrogens is 338 g/mol. The highest BCUT2D eigenvalue weighted by Gasteiger charge is 2.43. The van der Waals surface area contributed by atoms with Crippen LogP contribution in [0.5, 0.6) is 0 Å². The molecule has 28 heavy (non-hydrogen) atoms. The molecular formula is C27H33N. The summed E-state index contributed by atoms with van der Waals surface area (Å²) in [5, 5.41) is 2.83. The average Bonchev–Trinajstić information content (AvgIpc) is 2.94. The van der Waals surface area contributed by atoms with Gasteiger partial charge in [0.25, 0.3) is 0 Å². The van der Waals surface area contributed by atoms with Gasteiger partial charge in [0.1, 0.15) is 0 Å². The number of nitrogens with zero attached hydrogens (tertiary/aromatic N) is 1. The van der Waals surface area contributed by atoms with E-state index in [2.05, 4.69) is 112 Å². The molecule has 2 aromatic rings. The first-order valence-electron chi connectivity index (χ1n) is 10.6. The van der Waals surface area contributed by atoms with E-state index in [1.165, 1.54) is 34.7 Å². The Balaban J connectivity index is 1.81. The van der Waals surface area contributed by atoms with Crippen molar-refractivity contribution in [2.24, 2.45) is 0 Å². The molecule has 0 atom stereocenters. The predicted octanol–water partition coefficient (Wildman–Crippen LogP) is 6.97. The zero-order valence-electron chi connectivity index (χ0n) is 17.9. The summed E-state index contributed by atoms with van der Waals surface area (Å²) in [5.41, 5.74) is 3.32. The third-order valence-electron chi connectivity index (χ3n) is 7.07. The van der Waals surface area contributed by atoms with E-state index in [1.54, 1.807) is 0 Å². The van der Waals surface area contributed by atoms with Gasteiger partial charge >= 0.3 is 0 Å². The van der Waals surface area contributed by atoms with Gasteiger partial charge in [-0.3, -0.25) is 4.90 Å². The van der Waals surface area contributed by atoms with Gasteiger partial charge in [-0.15, -0.1) is 0 Å². The molecule has 2 aromatic carbocycles. The topological polar surface area (TPSA) is 3.24 Å². The minimum atomic E-state index is 0.199. The van der Waals surface area contributed by atoms with E-state index in [4.69, 9.17) is 0 Å². The highest BCUT2D eigenvalue weighted by Crippen LogP contribution is 2.46. The van der Waals surface area contributed by atoms with Crippen molar-refractivity contribution < 1.29 is 0 Å². The highest BCUT2D eigenvalue weighted by molar-refractivity contribution is 5.90. The summed E-state index contributed by atoms with van der Waals surface area (Å²) in [5.74, 6) is 0.918. The van der Waals surface area contributed by atoms with Gasteiger partial charge in [0, 0.05) is 17.0 Å². The van der Waals surface area contributed by atoms with Crippen molar-refractivity contribution in [1.29, 1.82) is 0 Å². The summed E-state index contributed by atoms with van der Waals surface area (Å²) in [7, 11) is 2.29. The highest BCUT2D eigenvalue weighted by atomic mass is 15.2. The third-order valence-corrected chi connectivity index (χ3v) is 7.07. The third kappa shape index (κ3) is 3.37. The Morgan fingerprint density at radius 3 is 1.79 bits per heavy atom. The Hall–Kier alpha value is -2.12. The quantitative estimate of drug-likeness (QED) is 0.551. The van der Waals surface area contributed by atoms with E-state index in [0.717, 1.165) is 0 Å². The van der Waals surface area contributed by atoms with E-state index < -0.39 is 0 Å². The number of likely N-dealkylation sites (tertiary alicyclic amines) is 1. The van der Waals surface area contributed by atoms with Gasteiger partial charge in [-0.05, 0) is 75.4 Å². The van der Waals surface area contributed by atoms with Crippen LogP contribution in [0.1, 0.15) is 63.5 Å². The number of hydrogen-bond donors (Lipinski definition) is 0. The molecule has 0 amide bonds. The van der Waals surface area contributed by atoms with E-state index in [0.29, 0.717) is 11.8 Å². The standard InChI is InChI=1S/C27H33N/c1-26(2)18-21(19-27(3,4)28(26)5)23-17-16-22(20-12-8-6-7-9-13-20)24-14-10-11-15-25(23)24/h6-17,20-21H,18-19H2,1-5H3. The fourth-order valence-electron chi connectivity index (χ4n) is 5.35. The Morgan fingerprint density at radius 1 is 0.714 bits per heavy atom. The Bertz CT molecular complexity index is 923. The smallest absolute Gasteiger partial charge is 0.0211 e. The van der Waals surface area contributed by atoms with Crippen LogP contribution >= 0.6 is 0 Å². The zero-order chi connectivity index (χ0) is 19.9. The van der Waals surface area contributed by atoms with E-state index in [9.17, 15) is 0 Å². The van der Waals surface area contributed by atoms with Crippen molar-refractivity contribution in [3.05, 3.63) is 84.0 Å². The Labute approximate surface area is 170 Å². The molecule has 1 nitrogen and oxygen atoms in total. The molecule has 0 saturated carbocycles. The first-order chi connectivity index (χ1) is 13.3. The first-order valence-corrected chi connectivity index (χ1v) is 10.6. The van der Waals surface area contributed by atoms with Crippen molar-refractivity contribution in [3.63, 3.8) is 0 Å². The van der Waals surface area contributed by atoms with Crippen LogP contribution < -0.4 is 0 Å². The van der Waals surface area contributed by atoms with E-state index in [-0.39, 0.29) is 11.1 Å². The molecule has 4 rings (SSSR count). The van der Waals surface area contributed by atoms with Gasteiger partial charge in [-0.1, -0.05) is 72.9 Å². The summed E-state index contributed by atoms with van der Waals surface area (Å²) < 4.78 is 0. The normalized spacial score (nSPS) is 22.6. The molecule has 0 aromatic heterocycles. The number of allylic oxidation sites excluding steroid dienone is 6. The largest absolute Gasteiger partial charge is 0.296 e. The summed E-state index contributed by atoms with van der Waals surface area (Å²) in [4.78, 5) is 2.57. The Kier molecular flexibility index (Phi) is 4.83. The van der Waals surface area contributed by atoms with Crippen molar-refractivity contribution in [1.82, 2.24) is 4.90 Å². The molecule has 1 heteroatoms. The predicted molar refractivity (Wildman–Crippen MR) is 122 cm³/mol. The molecule has 1 aliphatic carbocycles. The van der Waals surface area contributed by atoms with Crippen LogP contribution in [0.3, 0.4) is 0 Å². The molecule has 1 heterocycles. The van der Waals surface area contributed by atoms with Crippen LogP contribution in [0.4, 0.5) is 0 Å². The maximum absolute atomic E-state index is 2.57. The maximum Gasteiger partial charge on any atom is 0.0211 e. The first kappa shape index (κ1) is 19.2. The van der Waals surface area contributed by atoms with Crippen LogP contribution in [-0.2, 0) is 0 Å². The average molecular weight is 372 g/mol. The van der Waals surface area contributed by atoms with Crippen molar-refractivity contribution in [3.8, 4) is 0 Å².